The molecule has 3 aromatic rings. The molecule has 0 fully saturated rings. The number of benzene rings is 1. The van der Waals surface area contributed by atoms with E-state index < -0.39 is 0 Å². The minimum atomic E-state index is 0.0206. The number of hydrogen-bond donors (Lipinski definition) is 1. The maximum Gasteiger partial charge on any atom is 0.224 e. The highest BCUT2D eigenvalue weighted by Crippen LogP contribution is 2.17. The first-order valence-corrected chi connectivity index (χ1v) is 8.92. The fourth-order valence-electron chi connectivity index (χ4n) is 2.74. The van der Waals surface area contributed by atoms with Gasteiger partial charge in [0.15, 0.2) is 11.5 Å². The van der Waals surface area contributed by atoms with Gasteiger partial charge in [-0.2, -0.15) is 0 Å². The number of halogens is 1. The van der Waals surface area contributed by atoms with Gasteiger partial charge in [0.05, 0.1) is 6.54 Å². The highest BCUT2D eigenvalue weighted by Gasteiger charge is 2.15. The Kier molecular flexibility index (Phi) is 5.85. The number of nitrogens with zero attached hydrogens (tertiary/aromatic N) is 4. The van der Waals surface area contributed by atoms with Crippen molar-refractivity contribution >= 4 is 23.2 Å². The molecule has 1 unspecified atom stereocenters. The van der Waals surface area contributed by atoms with Gasteiger partial charge in [0, 0.05) is 37.3 Å². The molecule has 136 valence electrons. The van der Waals surface area contributed by atoms with E-state index in [1.54, 1.807) is 11.9 Å². The number of carbonyl (C=O) groups excluding carboxylic acids is 1. The molecule has 0 aliphatic heterocycles. The number of carbonyl (C=O) groups is 1. The Morgan fingerprint density at radius 2 is 2.00 bits per heavy atom. The summed E-state index contributed by atoms with van der Waals surface area (Å²) in [6.45, 7) is 3.04. The van der Waals surface area contributed by atoms with Gasteiger partial charge in [-0.15, -0.1) is 10.2 Å². The second-order valence-electron chi connectivity index (χ2n) is 6.37. The maximum absolute atomic E-state index is 12.5. The third kappa shape index (κ3) is 4.39. The van der Waals surface area contributed by atoms with Crippen molar-refractivity contribution < 1.29 is 4.79 Å². The molecule has 0 saturated carbocycles. The smallest absolute Gasteiger partial charge is 0.224 e. The van der Waals surface area contributed by atoms with Crippen LogP contribution in [0.1, 0.15) is 24.7 Å². The summed E-state index contributed by atoms with van der Waals surface area (Å²) < 4.78 is 1.94. The number of rotatable bonds is 7. The second-order valence-corrected chi connectivity index (χ2v) is 6.78. The molecule has 7 heteroatoms. The monoisotopic (exact) mass is 371 g/mol. The Morgan fingerprint density at radius 1 is 1.23 bits per heavy atom. The second kappa shape index (κ2) is 8.29. The zero-order valence-electron chi connectivity index (χ0n) is 14.9. The molecule has 1 aromatic carbocycles. The predicted molar refractivity (Wildman–Crippen MR) is 102 cm³/mol. The Bertz CT molecular complexity index is 894. The first-order chi connectivity index (χ1) is 12.5. The van der Waals surface area contributed by atoms with Gasteiger partial charge < -0.3 is 10.2 Å². The van der Waals surface area contributed by atoms with Crippen molar-refractivity contribution in [2.75, 3.05) is 7.05 Å². The lowest BCUT2D eigenvalue weighted by Gasteiger charge is -2.20. The summed E-state index contributed by atoms with van der Waals surface area (Å²) in [5.74, 6) is 0.889. The van der Waals surface area contributed by atoms with Crippen molar-refractivity contribution in [3.63, 3.8) is 0 Å². The summed E-state index contributed by atoms with van der Waals surface area (Å²) in [4.78, 5) is 14.2. The van der Waals surface area contributed by atoms with Gasteiger partial charge in [0.1, 0.15) is 0 Å². The molecule has 0 bridgehead atoms. The average Bonchev–Trinajstić information content (AvgIpc) is 3.05. The van der Waals surface area contributed by atoms with Crippen LogP contribution in [0.3, 0.4) is 0 Å². The first kappa shape index (κ1) is 18.4. The van der Waals surface area contributed by atoms with Crippen molar-refractivity contribution in [2.45, 2.75) is 32.5 Å². The zero-order valence-corrected chi connectivity index (χ0v) is 15.6. The fourth-order valence-corrected chi connectivity index (χ4v) is 2.93. The van der Waals surface area contributed by atoms with Gasteiger partial charge >= 0.3 is 0 Å². The number of pyridine rings is 1. The van der Waals surface area contributed by atoms with E-state index in [1.807, 2.05) is 60.0 Å². The van der Waals surface area contributed by atoms with E-state index in [-0.39, 0.29) is 11.9 Å². The highest BCUT2D eigenvalue weighted by molar-refractivity contribution is 6.31. The van der Waals surface area contributed by atoms with Crippen molar-refractivity contribution in [1.82, 2.24) is 24.8 Å². The summed E-state index contributed by atoms with van der Waals surface area (Å²) >= 11 is 6.17. The van der Waals surface area contributed by atoms with E-state index in [1.165, 1.54) is 0 Å². The molecule has 0 spiro atoms. The molecule has 0 radical (unpaired) electrons. The van der Waals surface area contributed by atoms with Crippen LogP contribution < -0.4 is 5.32 Å². The fraction of sp³-hybridized carbons (Fsp3) is 0.316. The molecule has 2 aromatic heterocycles. The molecule has 0 aliphatic rings. The van der Waals surface area contributed by atoms with E-state index in [2.05, 4.69) is 15.5 Å². The van der Waals surface area contributed by atoms with Crippen LogP contribution in [-0.2, 0) is 17.9 Å². The zero-order chi connectivity index (χ0) is 18.5. The predicted octanol–water partition coefficient (Wildman–Crippen LogP) is 2.91. The quantitative estimate of drug-likeness (QED) is 0.693. The molecule has 3 rings (SSSR count). The Morgan fingerprint density at radius 3 is 2.81 bits per heavy atom. The lowest BCUT2D eigenvalue weighted by atomic mass is 10.2. The number of hydrogen-bond acceptors (Lipinski definition) is 4. The third-order valence-electron chi connectivity index (χ3n) is 4.26. The Hall–Kier alpha value is -2.44. The maximum atomic E-state index is 12.5. The summed E-state index contributed by atoms with van der Waals surface area (Å²) in [6, 6.07) is 13.4. The molecule has 1 amide bonds. The van der Waals surface area contributed by atoms with Gasteiger partial charge in [0.2, 0.25) is 5.91 Å². The number of fused-ring (bicyclic) bond motifs is 1. The topological polar surface area (TPSA) is 62.5 Å². The van der Waals surface area contributed by atoms with E-state index >= 15 is 0 Å². The minimum absolute atomic E-state index is 0.0206. The summed E-state index contributed by atoms with van der Waals surface area (Å²) in [6.07, 6.45) is 2.33. The lowest BCUT2D eigenvalue weighted by molar-refractivity contribution is -0.130. The SMILES string of the molecule is CC(CC(=O)N(C)Cc1ccccc1Cl)NCc1nnc2ccccn12. The highest BCUT2D eigenvalue weighted by atomic mass is 35.5. The Labute approximate surface area is 157 Å². The van der Waals surface area contributed by atoms with Gasteiger partial charge in [-0.3, -0.25) is 9.20 Å². The first-order valence-electron chi connectivity index (χ1n) is 8.54. The molecule has 2 heterocycles. The van der Waals surface area contributed by atoms with Crippen LogP contribution in [0.2, 0.25) is 5.02 Å². The third-order valence-corrected chi connectivity index (χ3v) is 4.63. The molecule has 1 atom stereocenters. The Balaban J connectivity index is 1.51. The molecule has 0 saturated heterocycles. The van der Waals surface area contributed by atoms with Gasteiger partial charge in [-0.05, 0) is 30.7 Å². The van der Waals surface area contributed by atoms with E-state index in [0.29, 0.717) is 24.5 Å². The molecular weight excluding hydrogens is 350 g/mol. The van der Waals surface area contributed by atoms with E-state index in [9.17, 15) is 4.79 Å². The number of amides is 1. The molecule has 6 nitrogen and oxygen atoms in total. The minimum Gasteiger partial charge on any atom is -0.341 e. The molecule has 0 aliphatic carbocycles. The van der Waals surface area contributed by atoms with E-state index in [4.69, 9.17) is 11.6 Å². The molecule has 26 heavy (non-hydrogen) atoms. The van der Waals surface area contributed by atoms with E-state index in [0.717, 1.165) is 17.0 Å². The van der Waals surface area contributed by atoms with Crippen LogP contribution in [0.4, 0.5) is 0 Å². The lowest BCUT2D eigenvalue weighted by Crippen LogP contribution is -2.34. The largest absolute Gasteiger partial charge is 0.341 e. The van der Waals surface area contributed by atoms with Crippen LogP contribution in [0.15, 0.2) is 48.7 Å². The standard InChI is InChI=1S/C19H22ClN5O/c1-14(21-12-18-23-22-17-9-5-6-10-25(17)18)11-19(26)24(2)13-15-7-3-4-8-16(15)20/h3-10,14,21H,11-13H2,1-2H3. The van der Waals surface area contributed by atoms with Crippen LogP contribution in [0.25, 0.3) is 5.65 Å². The van der Waals surface area contributed by atoms with Crippen LogP contribution >= 0.6 is 11.6 Å². The van der Waals surface area contributed by atoms with Gasteiger partial charge in [-0.1, -0.05) is 35.9 Å². The van der Waals surface area contributed by atoms with Gasteiger partial charge in [-0.25, -0.2) is 0 Å². The number of nitrogens with one attached hydrogen (secondary N) is 1. The van der Waals surface area contributed by atoms with Crippen molar-refractivity contribution in [3.05, 3.63) is 65.1 Å². The average molecular weight is 372 g/mol. The normalized spacial score (nSPS) is 12.3. The van der Waals surface area contributed by atoms with Gasteiger partial charge in [0.25, 0.3) is 0 Å². The molecular formula is C19H22ClN5O. The van der Waals surface area contributed by atoms with Crippen LogP contribution in [-0.4, -0.2) is 38.5 Å². The van der Waals surface area contributed by atoms with Crippen LogP contribution in [0, 0.1) is 0 Å². The summed E-state index contributed by atoms with van der Waals surface area (Å²) in [5.41, 5.74) is 1.76. The van der Waals surface area contributed by atoms with Crippen molar-refractivity contribution in [1.29, 1.82) is 0 Å². The molecule has 1 N–H and O–H groups in total. The summed E-state index contributed by atoms with van der Waals surface area (Å²) in [5, 5.41) is 12.3. The van der Waals surface area contributed by atoms with Crippen LogP contribution in [0.5, 0.6) is 0 Å². The van der Waals surface area contributed by atoms with Crippen molar-refractivity contribution in [3.8, 4) is 0 Å². The van der Waals surface area contributed by atoms with Crippen molar-refractivity contribution in [2.24, 2.45) is 0 Å². The number of aromatic nitrogens is 3. The summed E-state index contributed by atoms with van der Waals surface area (Å²) in [7, 11) is 1.80.